The van der Waals surface area contributed by atoms with Crippen molar-refractivity contribution in [3.63, 3.8) is 0 Å². The van der Waals surface area contributed by atoms with E-state index in [-0.39, 0.29) is 30.6 Å². The summed E-state index contributed by atoms with van der Waals surface area (Å²) in [4.78, 5) is 12.4. The smallest absolute Gasteiger partial charge is 0.251 e. The number of tetrazole rings is 1. The number of carbonyl (C=O) groups excluding carboxylic acids is 1. The second-order valence-electron chi connectivity index (χ2n) is 9.51. The lowest BCUT2D eigenvalue weighted by molar-refractivity contribution is -0.268. The van der Waals surface area contributed by atoms with Gasteiger partial charge in [0, 0.05) is 36.4 Å². The molecule has 0 saturated carbocycles. The van der Waals surface area contributed by atoms with Crippen LogP contribution in [0, 0.1) is 5.92 Å². The monoisotopic (exact) mass is 545 g/mol. The summed E-state index contributed by atoms with van der Waals surface area (Å²) in [7, 11) is 1.81. The van der Waals surface area contributed by atoms with Crippen molar-refractivity contribution in [2.75, 3.05) is 5.75 Å². The number of benzene rings is 3. The van der Waals surface area contributed by atoms with Gasteiger partial charge in [-0.3, -0.25) is 4.79 Å². The SMILES string of the molecule is C[C@@H]1[C@H](CSc2nnnn2C)O[C@H](c2ccc(CNC(=O)c3ccccc3)cc2)O[C@@H]1c1ccc(CO)cc1. The molecule has 1 aromatic heterocycles. The zero-order valence-electron chi connectivity index (χ0n) is 21.8. The third-order valence-electron chi connectivity index (χ3n) is 6.82. The average molecular weight is 546 g/mol. The molecule has 0 bridgehead atoms. The summed E-state index contributed by atoms with van der Waals surface area (Å²) < 4.78 is 14.7. The third-order valence-corrected chi connectivity index (χ3v) is 7.92. The molecule has 1 fully saturated rings. The molecule has 0 unspecified atom stereocenters. The second-order valence-corrected chi connectivity index (χ2v) is 10.5. The van der Waals surface area contributed by atoms with E-state index in [1.165, 1.54) is 0 Å². The number of aliphatic hydroxyl groups excluding tert-OH is 1. The normalized spacial score (nSPS) is 21.0. The maximum atomic E-state index is 12.4. The molecule has 39 heavy (non-hydrogen) atoms. The summed E-state index contributed by atoms with van der Waals surface area (Å²) in [6, 6.07) is 24.9. The Morgan fingerprint density at radius 1 is 0.974 bits per heavy atom. The van der Waals surface area contributed by atoms with Crippen molar-refractivity contribution in [2.24, 2.45) is 13.0 Å². The molecule has 0 aliphatic carbocycles. The van der Waals surface area contributed by atoms with Gasteiger partial charge in [-0.15, -0.1) is 5.10 Å². The van der Waals surface area contributed by atoms with Crippen LogP contribution in [0.25, 0.3) is 0 Å². The quantitative estimate of drug-likeness (QED) is 0.301. The molecule has 202 valence electrons. The van der Waals surface area contributed by atoms with Crippen LogP contribution in [0.15, 0.2) is 84.0 Å². The first kappa shape index (κ1) is 27.0. The van der Waals surface area contributed by atoms with Gasteiger partial charge in [0.15, 0.2) is 6.29 Å². The van der Waals surface area contributed by atoms with Crippen LogP contribution in [0.5, 0.6) is 0 Å². The summed E-state index contributed by atoms with van der Waals surface area (Å²) in [6.45, 7) is 2.54. The van der Waals surface area contributed by atoms with Gasteiger partial charge in [0.1, 0.15) is 0 Å². The number of nitrogens with zero attached hydrogens (tertiary/aromatic N) is 4. The predicted octanol–water partition coefficient (Wildman–Crippen LogP) is 4.22. The number of ether oxygens (including phenoxy) is 2. The van der Waals surface area contributed by atoms with E-state index in [4.69, 9.17) is 9.47 Å². The van der Waals surface area contributed by atoms with Crippen molar-refractivity contribution >= 4 is 17.7 Å². The summed E-state index contributed by atoms with van der Waals surface area (Å²) in [6.07, 6.45) is -0.901. The molecule has 1 aliphatic heterocycles. The molecule has 1 saturated heterocycles. The van der Waals surface area contributed by atoms with Gasteiger partial charge >= 0.3 is 0 Å². The van der Waals surface area contributed by atoms with Gasteiger partial charge in [-0.1, -0.05) is 85.4 Å². The zero-order chi connectivity index (χ0) is 27.2. The van der Waals surface area contributed by atoms with Crippen LogP contribution in [-0.4, -0.2) is 43.1 Å². The number of rotatable bonds is 9. The minimum Gasteiger partial charge on any atom is -0.392 e. The Balaban J connectivity index is 1.30. The second kappa shape index (κ2) is 12.5. The van der Waals surface area contributed by atoms with E-state index in [1.807, 2.05) is 73.8 Å². The molecule has 0 radical (unpaired) electrons. The van der Waals surface area contributed by atoms with Crippen LogP contribution in [0.4, 0.5) is 0 Å². The van der Waals surface area contributed by atoms with Crippen LogP contribution in [0.3, 0.4) is 0 Å². The first-order valence-corrected chi connectivity index (χ1v) is 13.8. The lowest BCUT2D eigenvalue weighted by Crippen LogP contribution is -2.38. The van der Waals surface area contributed by atoms with E-state index >= 15 is 0 Å². The number of amides is 1. The van der Waals surface area contributed by atoms with Crippen molar-refractivity contribution in [2.45, 2.75) is 43.7 Å². The molecule has 10 heteroatoms. The molecule has 1 aliphatic rings. The van der Waals surface area contributed by atoms with Crippen molar-refractivity contribution in [3.05, 3.63) is 107 Å². The van der Waals surface area contributed by atoms with E-state index < -0.39 is 6.29 Å². The standard InChI is InChI=1S/C29H31N5O4S/c1-19-25(18-39-29-31-32-33-34(29)2)37-28(38-26(19)22-12-10-21(17-35)11-13-22)24-14-8-20(9-15-24)16-30-27(36)23-6-4-3-5-7-23/h3-15,19,25-26,28,35H,16-18H2,1-2H3,(H,30,36)/t19-,25+,26+,28+/m1/s1. The van der Waals surface area contributed by atoms with Crippen LogP contribution >= 0.6 is 11.8 Å². The van der Waals surface area contributed by atoms with Gasteiger partial charge in [-0.2, -0.15) is 0 Å². The molecule has 3 aromatic carbocycles. The predicted molar refractivity (Wildman–Crippen MR) is 147 cm³/mol. The number of nitrogens with one attached hydrogen (secondary N) is 1. The highest BCUT2D eigenvalue weighted by molar-refractivity contribution is 7.99. The maximum Gasteiger partial charge on any atom is 0.251 e. The Labute approximate surface area is 231 Å². The Bertz CT molecular complexity index is 1360. The van der Waals surface area contributed by atoms with Crippen LogP contribution in [-0.2, 0) is 29.7 Å². The number of hydrogen-bond acceptors (Lipinski definition) is 8. The molecule has 0 spiro atoms. The number of hydrogen-bond donors (Lipinski definition) is 2. The largest absolute Gasteiger partial charge is 0.392 e. The maximum absolute atomic E-state index is 12.4. The zero-order valence-corrected chi connectivity index (χ0v) is 22.6. The number of thioether (sulfide) groups is 1. The summed E-state index contributed by atoms with van der Waals surface area (Å²) in [5.41, 5.74) is 4.39. The minimum atomic E-state index is -0.570. The van der Waals surface area contributed by atoms with Crippen molar-refractivity contribution < 1.29 is 19.4 Å². The number of aromatic nitrogens is 4. The van der Waals surface area contributed by atoms with Crippen molar-refractivity contribution in [1.82, 2.24) is 25.5 Å². The van der Waals surface area contributed by atoms with E-state index in [0.29, 0.717) is 17.9 Å². The fraction of sp³-hybridized carbons (Fsp3) is 0.310. The Morgan fingerprint density at radius 3 is 2.33 bits per heavy atom. The Kier molecular flexibility index (Phi) is 8.67. The van der Waals surface area contributed by atoms with Crippen LogP contribution < -0.4 is 5.32 Å². The lowest BCUT2D eigenvalue weighted by Gasteiger charge is -2.41. The molecule has 9 nitrogen and oxygen atoms in total. The van der Waals surface area contributed by atoms with Gasteiger partial charge < -0.3 is 19.9 Å². The van der Waals surface area contributed by atoms with Crippen molar-refractivity contribution in [3.8, 4) is 0 Å². The number of aryl methyl sites for hydroxylation is 1. The Morgan fingerprint density at radius 2 is 1.67 bits per heavy atom. The first-order chi connectivity index (χ1) is 19.0. The van der Waals surface area contributed by atoms with E-state index in [2.05, 4.69) is 27.8 Å². The van der Waals surface area contributed by atoms with Gasteiger partial charge in [0.25, 0.3) is 5.91 Å². The van der Waals surface area contributed by atoms with Gasteiger partial charge in [0.2, 0.25) is 5.16 Å². The number of aliphatic hydroxyl groups is 1. The fourth-order valence-electron chi connectivity index (χ4n) is 4.48. The average Bonchev–Trinajstić information content (AvgIpc) is 3.40. The van der Waals surface area contributed by atoms with E-state index in [9.17, 15) is 9.90 Å². The van der Waals surface area contributed by atoms with Gasteiger partial charge in [-0.25, -0.2) is 4.68 Å². The van der Waals surface area contributed by atoms with E-state index in [1.54, 1.807) is 28.6 Å². The van der Waals surface area contributed by atoms with Crippen LogP contribution in [0.2, 0.25) is 0 Å². The molecule has 4 atom stereocenters. The molecular weight excluding hydrogens is 514 g/mol. The van der Waals surface area contributed by atoms with Crippen LogP contribution in [0.1, 0.15) is 51.9 Å². The fourth-order valence-corrected chi connectivity index (χ4v) is 5.49. The Hall–Kier alpha value is -3.57. The molecular formula is C29H31N5O4S. The van der Waals surface area contributed by atoms with E-state index in [0.717, 1.165) is 27.4 Å². The molecule has 2 heterocycles. The van der Waals surface area contributed by atoms with Crippen molar-refractivity contribution in [1.29, 1.82) is 0 Å². The third kappa shape index (κ3) is 6.54. The topological polar surface area (TPSA) is 111 Å². The summed E-state index contributed by atoms with van der Waals surface area (Å²) in [5.74, 6) is 0.605. The number of carbonyl (C=O) groups is 1. The highest BCUT2D eigenvalue weighted by Crippen LogP contribution is 2.42. The van der Waals surface area contributed by atoms with Gasteiger partial charge in [-0.05, 0) is 39.2 Å². The lowest BCUT2D eigenvalue weighted by atomic mass is 9.91. The molecule has 5 rings (SSSR count). The molecule has 1 amide bonds. The first-order valence-electron chi connectivity index (χ1n) is 12.8. The highest BCUT2D eigenvalue weighted by Gasteiger charge is 2.38. The summed E-state index contributed by atoms with van der Waals surface area (Å²) in [5, 5.41) is 24.9. The molecule has 2 N–H and O–H groups in total. The summed E-state index contributed by atoms with van der Waals surface area (Å²) >= 11 is 1.55. The highest BCUT2D eigenvalue weighted by atomic mass is 32.2. The molecule has 4 aromatic rings. The minimum absolute atomic E-state index is 0.00372. The van der Waals surface area contributed by atoms with Gasteiger partial charge in [0.05, 0.1) is 18.8 Å².